The Kier molecular flexibility index (Phi) is 5.27. The lowest BCUT2D eigenvalue weighted by Gasteiger charge is -2.12. The van der Waals surface area contributed by atoms with Gasteiger partial charge in [-0.25, -0.2) is 4.79 Å². The maximum absolute atomic E-state index is 12.1. The van der Waals surface area contributed by atoms with Gasteiger partial charge in [0.25, 0.3) is 0 Å². The smallest absolute Gasteiger partial charge is 0.323 e. The monoisotopic (exact) mass is 364 g/mol. The van der Waals surface area contributed by atoms with Crippen LogP contribution in [0.3, 0.4) is 0 Å². The van der Waals surface area contributed by atoms with Gasteiger partial charge in [0.15, 0.2) is 0 Å². The number of methoxy groups -OCH3 is 2. The zero-order valence-electron chi connectivity index (χ0n) is 12.6. The van der Waals surface area contributed by atoms with E-state index >= 15 is 0 Å². The fraction of sp³-hybridized carbons (Fsp3) is 0.188. The maximum Gasteiger partial charge on any atom is 0.323 e. The summed E-state index contributed by atoms with van der Waals surface area (Å²) in [5, 5.41) is 5.53. The van der Waals surface area contributed by atoms with Crippen LogP contribution in [-0.2, 0) is 0 Å². The molecule has 2 rings (SSSR count). The highest BCUT2D eigenvalue weighted by molar-refractivity contribution is 9.10. The Balaban J connectivity index is 2.11. The van der Waals surface area contributed by atoms with Crippen molar-refractivity contribution in [3.63, 3.8) is 0 Å². The molecule has 22 heavy (non-hydrogen) atoms. The third-order valence-corrected chi connectivity index (χ3v) is 3.64. The first kappa shape index (κ1) is 16.2. The summed E-state index contributed by atoms with van der Waals surface area (Å²) in [6.07, 6.45) is 0. The molecule has 5 nitrogen and oxygen atoms in total. The molecule has 0 aliphatic heterocycles. The lowest BCUT2D eigenvalue weighted by atomic mass is 10.2. The number of amides is 2. The molecule has 0 aliphatic rings. The number of rotatable bonds is 4. The number of anilines is 2. The molecule has 0 saturated heterocycles. The Morgan fingerprint density at radius 2 is 1.64 bits per heavy atom. The van der Waals surface area contributed by atoms with E-state index in [9.17, 15) is 4.79 Å². The zero-order chi connectivity index (χ0) is 16.1. The first-order valence-electron chi connectivity index (χ1n) is 6.59. The van der Waals surface area contributed by atoms with Crippen LogP contribution in [0, 0.1) is 6.92 Å². The fourth-order valence-corrected chi connectivity index (χ4v) is 2.48. The van der Waals surface area contributed by atoms with Crippen LogP contribution in [0.5, 0.6) is 11.5 Å². The number of carbonyl (C=O) groups is 1. The third kappa shape index (κ3) is 4.14. The second-order valence-electron chi connectivity index (χ2n) is 4.66. The molecule has 116 valence electrons. The van der Waals surface area contributed by atoms with Crippen LogP contribution in [-0.4, -0.2) is 20.3 Å². The minimum Gasteiger partial charge on any atom is -0.497 e. The molecule has 2 aromatic carbocycles. The molecule has 0 saturated carbocycles. The first-order valence-corrected chi connectivity index (χ1v) is 7.38. The van der Waals surface area contributed by atoms with Crippen LogP contribution in [0.25, 0.3) is 0 Å². The van der Waals surface area contributed by atoms with Crippen molar-refractivity contribution in [3.05, 3.63) is 46.4 Å². The summed E-state index contributed by atoms with van der Waals surface area (Å²) >= 11 is 3.42. The van der Waals surface area contributed by atoms with Gasteiger partial charge >= 0.3 is 6.03 Å². The van der Waals surface area contributed by atoms with Crippen LogP contribution in [0.2, 0.25) is 0 Å². The van der Waals surface area contributed by atoms with E-state index in [-0.39, 0.29) is 6.03 Å². The Morgan fingerprint density at radius 3 is 2.18 bits per heavy atom. The molecule has 0 aliphatic carbocycles. The van der Waals surface area contributed by atoms with E-state index in [2.05, 4.69) is 26.6 Å². The lowest BCUT2D eigenvalue weighted by Crippen LogP contribution is -2.19. The normalized spacial score (nSPS) is 10.0. The van der Waals surface area contributed by atoms with Crippen molar-refractivity contribution in [2.45, 2.75) is 6.92 Å². The van der Waals surface area contributed by atoms with E-state index in [1.54, 1.807) is 32.4 Å². The van der Waals surface area contributed by atoms with E-state index in [0.717, 1.165) is 10.0 Å². The van der Waals surface area contributed by atoms with Crippen LogP contribution >= 0.6 is 15.9 Å². The molecule has 0 bridgehead atoms. The highest BCUT2D eigenvalue weighted by atomic mass is 79.9. The number of carbonyl (C=O) groups excluding carboxylic acids is 1. The molecular formula is C16H17BrN2O3. The summed E-state index contributed by atoms with van der Waals surface area (Å²) in [5.41, 5.74) is 2.38. The largest absolute Gasteiger partial charge is 0.497 e. The topological polar surface area (TPSA) is 59.6 Å². The molecule has 0 fully saturated rings. The first-order chi connectivity index (χ1) is 10.5. The fourth-order valence-electron chi connectivity index (χ4n) is 1.89. The van der Waals surface area contributed by atoms with Gasteiger partial charge in [0.05, 0.1) is 19.9 Å². The quantitative estimate of drug-likeness (QED) is 0.843. The number of hydrogen-bond donors (Lipinski definition) is 2. The van der Waals surface area contributed by atoms with Gasteiger partial charge in [0.1, 0.15) is 11.5 Å². The third-order valence-electron chi connectivity index (χ3n) is 2.98. The molecule has 0 radical (unpaired) electrons. The van der Waals surface area contributed by atoms with Gasteiger partial charge in [0.2, 0.25) is 0 Å². The van der Waals surface area contributed by atoms with E-state index in [4.69, 9.17) is 9.47 Å². The van der Waals surface area contributed by atoms with Crippen molar-refractivity contribution in [2.75, 3.05) is 24.9 Å². The number of ether oxygens (including phenoxy) is 2. The molecule has 0 unspecified atom stereocenters. The Morgan fingerprint density at radius 1 is 1.00 bits per heavy atom. The molecule has 0 heterocycles. The van der Waals surface area contributed by atoms with Crippen molar-refractivity contribution in [3.8, 4) is 11.5 Å². The van der Waals surface area contributed by atoms with E-state index in [0.29, 0.717) is 22.9 Å². The Labute approximate surface area is 137 Å². The number of nitrogens with one attached hydrogen (secondary N) is 2. The second kappa shape index (κ2) is 7.17. The molecule has 0 atom stereocenters. The summed E-state index contributed by atoms with van der Waals surface area (Å²) in [6.45, 7) is 1.98. The minimum atomic E-state index is -0.347. The van der Waals surface area contributed by atoms with Crippen LogP contribution in [0.4, 0.5) is 16.2 Å². The molecule has 2 N–H and O–H groups in total. The Hall–Kier alpha value is -2.21. The van der Waals surface area contributed by atoms with Gasteiger partial charge in [-0.3, -0.25) is 0 Å². The molecule has 0 spiro atoms. The molecule has 0 aromatic heterocycles. The van der Waals surface area contributed by atoms with Gasteiger partial charge in [-0.05, 0) is 40.5 Å². The second-order valence-corrected chi connectivity index (χ2v) is 5.52. The van der Waals surface area contributed by atoms with Gasteiger partial charge in [-0.1, -0.05) is 6.07 Å². The average molecular weight is 365 g/mol. The van der Waals surface area contributed by atoms with Crippen molar-refractivity contribution >= 4 is 33.3 Å². The maximum atomic E-state index is 12.1. The van der Waals surface area contributed by atoms with E-state index < -0.39 is 0 Å². The van der Waals surface area contributed by atoms with Crippen LogP contribution in [0.1, 0.15) is 5.56 Å². The van der Waals surface area contributed by atoms with Gasteiger partial charge in [-0.2, -0.15) is 0 Å². The summed E-state index contributed by atoms with van der Waals surface area (Å²) in [6, 6.07) is 10.5. The zero-order valence-corrected chi connectivity index (χ0v) is 14.2. The number of aryl methyl sites for hydroxylation is 1. The highest BCUT2D eigenvalue weighted by Crippen LogP contribution is 2.27. The number of benzene rings is 2. The molecule has 2 amide bonds. The molecular weight excluding hydrogens is 348 g/mol. The average Bonchev–Trinajstić information content (AvgIpc) is 2.49. The standard InChI is InChI=1S/C16H17BrN2O3/c1-10-4-5-15(14(17)6-10)19-16(20)18-11-7-12(21-2)9-13(8-11)22-3/h4-9H,1-3H3,(H2,18,19,20). The summed E-state index contributed by atoms with van der Waals surface area (Å²) in [5.74, 6) is 1.21. The highest BCUT2D eigenvalue weighted by Gasteiger charge is 2.08. The molecule has 2 aromatic rings. The van der Waals surface area contributed by atoms with Crippen molar-refractivity contribution in [2.24, 2.45) is 0 Å². The van der Waals surface area contributed by atoms with Crippen LogP contribution < -0.4 is 20.1 Å². The van der Waals surface area contributed by atoms with Gasteiger partial charge in [0, 0.05) is 28.4 Å². The summed E-state index contributed by atoms with van der Waals surface area (Å²) in [4.78, 5) is 12.1. The predicted molar refractivity (Wildman–Crippen MR) is 91.1 cm³/mol. The van der Waals surface area contributed by atoms with Crippen molar-refractivity contribution in [1.29, 1.82) is 0 Å². The Bertz CT molecular complexity index is 667. The SMILES string of the molecule is COc1cc(NC(=O)Nc2ccc(C)cc2Br)cc(OC)c1. The lowest BCUT2D eigenvalue weighted by molar-refractivity contribution is 0.262. The van der Waals surface area contributed by atoms with Crippen molar-refractivity contribution < 1.29 is 14.3 Å². The predicted octanol–water partition coefficient (Wildman–Crippen LogP) is 4.42. The van der Waals surface area contributed by atoms with E-state index in [1.165, 1.54) is 0 Å². The van der Waals surface area contributed by atoms with E-state index in [1.807, 2.05) is 25.1 Å². The van der Waals surface area contributed by atoms with Gasteiger partial charge in [-0.15, -0.1) is 0 Å². The van der Waals surface area contributed by atoms with Gasteiger partial charge < -0.3 is 20.1 Å². The minimum absolute atomic E-state index is 0.347. The number of hydrogen-bond acceptors (Lipinski definition) is 3. The summed E-state index contributed by atoms with van der Waals surface area (Å²) in [7, 11) is 3.12. The van der Waals surface area contributed by atoms with Crippen LogP contribution in [0.15, 0.2) is 40.9 Å². The summed E-state index contributed by atoms with van der Waals surface area (Å²) < 4.78 is 11.2. The molecule has 6 heteroatoms. The van der Waals surface area contributed by atoms with Crippen molar-refractivity contribution in [1.82, 2.24) is 0 Å². The number of urea groups is 1. The number of halogens is 1.